The van der Waals surface area contributed by atoms with Crippen molar-refractivity contribution >= 4 is 40.0 Å². The Labute approximate surface area is 118 Å². The number of aromatic nitrogens is 2. The standard InChI is InChI=1S/C14H10N2OS2/c17-13-8-12(11-6-3-7-18-11)19-14-15-9-4-1-2-5-10(9)16(13)14/h1-7,12H,8H2/t12-/m1/s1. The van der Waals surface area contributed by atoms with Gasteiger partial charge in [0.15, 0.2) is 5.16 Å². The van der Waals surface area contributed by atoms with Crippen molar-refractivity contribution in [2.24, 2.45) is 0 Å². The fourth-order valence-electron chi connectivity index (χ4n) is 2.38. The van der Waals surface area contributed by atoms with Crippen molar-refractivity contribution in [2.75, 3.05) is 0 Å². The number of imidazole rings is 1. The first kappa shape index (κ1) is 11.3. The number of benzene rings is 1. The maximum Gasteiger partial charge on any atom is 0.234 e. The molecule has 0 bridgehead atoms. The summed E-state index contributed by atoms with van der Waals surface area (Å²) in [6.07, 6.45) is 0.540. The van der Waals surface area contributed by atoms with E-state index in [1.54, 1.807) is 27.7 Å². The summed E-state index contributed by atoms with van der Waals surface area (Å²) < 4.78 is 1.75. The topological polar surface area (TPSA) is 34.9 Å². The molecule has 3 nitrogen and oxygen atoms in total. The van der Waals surface area contributed by atoms with Gasteiger partial charge in [-0.3, -0.25) is 9.36 Å². The quantitative estimate of drug-likeness (QED) is 0.679. The van der Waals surface area contributed by atoms with Gasteiger partial charge in [-0.2, -0.15) is 0 Å². The summed E-state index contributed by atoms with van der Waals surface area (Å²) in [4.78, 5) is 18.2. The molecule has 4 rings (SSSR count). The van der Waals surface area contributed by atoms with Gasteiger partial charge in [0.1, 0.15) is 0 Å². The van der Waals surface area contributed by atoms with Gasteiger partial charge < -0.3 is 0 Å². The minimum Gasteiger partial charge on any atom is -0.274 e. The SMILES string of the molecule is O=C1C[C@H](c2cccs2)Sc2nc3ccccc3n21. The van der Waals surface area contributed by atoms with Crippen molar-refractivity contribution in [2.45, 2.75) is 16.8 Å². The van der Waals surface area contributed by atoms with Crippen LogP contribution >= 0.6 is 23.1 Å². The second-order valence-electron chi connectivity index (χ2n) is 4.44. The van der Waals surface area contributed by atoms with Crippen molar-refractivity contribution < 1.29 is 4.79 Å². The van der Waals surface area contributed by atoms with Gasteiger partial charge in [0.25, 0.3) is 0 Å². The number of hydrogen-bond donors (Lipinski definition) is 0. The molecule has 2 aromatic heterocycles. The predicted octanol–water partition coefficient (Wildman–Crippen LogP) is 3.98. The summed E-state index contributed by atoms with van der Waals surface area (Å²) in [5.41, 5.74) is 1.81. The smallest absolute Gasteiger partial charge is 0.234 e. The van der Waals surface area contributed by atoms with Crippen LogP contribution in [-0.2, 0) is 0 Å². The zero-order chi connectivity index (χ0) is 12.8. The minimum absolute atomic E-state index is 0.140. The Morgan fingerprint density at radius 1 is 1.21 bits per heavy atom. The molecular weight excluding hydrogens is 276 g/mol. The zero-order valence-corrected chi connectivity index (χ0v) is 11.6. The van der Waals surface area contributed by atoms with Crippen molar-refractivity contribution in [3.05, 3.63) is 46.7 Å². The molecule has 3 heterocycles. The van der Waals surface area contributed by atoms with Crippen LogP contribution in [0.3, 0.4) is 0 Å². The third-order valence-electron chi connectivity index (χ3n) is 3.25. The number of nitrogens with zero attached hydrogens (tertiary/aromatic N) is 2. The molecule has 1 aromatic carbocycles. The van der Waals surface area contributed by atoms with E-state index in [0.717, 1.165) is 16.2 Å². The van der Waals surface area contributed by atoms with E-state index in [2.05, 4.69) is 16.4 Å². The second-order valence-corrected chi connectivity index (χ2v) is 6.59. The van der Waals surface area contributed by atoms with E-state index in [9.17, 15) is 4.79 Å². The maximum atomic E-state index is 12.4. The van der Waals surface area contributed by atoms with Crippen molar-refractivity contribution in [3.63, 3.8) is 0 Å². The van der Waals surface area contributed by atoms with Crippen LogP contribution in [0.15, 0.2) is 46.9 Å². The molecule has 0 saturated heterocycles. The Balaban J connectivity index is 1.85. The number of carbonyl (C=O) groups is 1. The van der Waals surface area contributed by atoms with Gasteiger partial charge in [0.2, 0.25) is 5.91 Å². The van der Waals surface area contributed by atoms with E-state index in [1.165, 1.54) is 4.88 Å². The number of fused-ring (bicyclic) bond motifs is 3. The van der Waals surface area contributed by atoms with Crippen LogP contribution in [0.25, 0.3) is 11.0 Å². The fourth-order valence-corrected chi connectivity index (χ4v) is 4.53. The maximum absolute atomic E-state index is 12.4. The van der Waals surface area contributed by atoms with Gasteiger partial charge in [0, 0.05) is 11.3 Å². The summed E-state index contributed by atoms with van der Waals surface area (Å²) in [7, 11) is 0. The van der Waals surface area contributed by atoms with E-state index >= 15 is 0 Å². The van der Waals surface area contributed by atoms with Crippen LogP contribution in [0.5, 0.6) is 0 Å². The first-order chi connectivity index (χ1) is 9.33. The molecule has 0 spiro atoms. The third kappa shape index (κ3) is 1.73. The van der Waals surface area contributed by atoms with Gasteiger partial charge in [0.05, 0.1) is 16.3 Å². The summed E-state index contributed by atoms with van der Waals surface area (Å²) >= 11 is 3.39. The Bertz CT molecular complexity index is 761. The molecule has 0 fully saturated rings. The summed E-state index contributed by atoms with van der Waals surface area (Å²) in [6.45, 7) is 0. The first-order valence-electron chi connectivity index (χ1n) is 6.03. The van der Waals surface area contributed by atoms with Gasteiger partial charge >= 0.3 is 0 Å². The molecule has 0 N–H and O–H groups in total. The molecule has 3 aromatic rings. The Morgan fingerprint density at radius 2 is 2.11 bits per heavy atom. The van der Waals surface area contributed by atoms with E-state index in [1.807, 2.05) is 30.3 Å². The van der Waals surface area contributed by atoms with E-state index in [0.29, 0.717) is 6.42 Å². The van der Waals surface area contributed by atoms with Crippen LogP contribution in [0.1, 0.15) is 21.3 Å². The number of para-hydroxylation sites is 2. The molecular formula is C14H10N2OS2. The molecule has 94 valence electrons. The summed E-state index contributed by atoms with van der Waals surface area (Å²) in [5.74, 6) is 0.140. The Hall–Kier alpha value is -1.59. The fraction of sp³-hybridized carbons (Fsp3) is 0.143. The molecule has 0 aliphatic carbocycles. The molecule has 5 heteroatoms. The molecule has 0 unspecified atom stereocenters. The zero-order valence-electron chi connectivity index (χ0n) is 9.95. The second kappa shape index (κ2) is 4.21. The lowest BCUT2D eigenvalue weighted by Crippen LogP contribution is -2.19. The average molecular weight is 286 g/mol. The highest BCUT2D eigenvalue weighted by molar-refractivity contribution is 7.99. The highest BCUT2D eigenvalue weighted by atomic mass is 32.2. The van der Waals surface area contributed by atoms with Crippen LogP contribution in [-0.4, -0.2) is 15.5 Å². The first-order valence-corrected chi connectivity index (χ1v) is 7.79. The normalized spacial score (nSPS) is 18.7. The van der Waals surface area contributed by atoms with Crippen LogP contribution < -0.4 is 0 Å². The van der Waals surface area contributed by atoms with Crippen molar-refractivity contribution in [1.29, 1.82) is 0 Å². The van der Waals surface area contributed by atoms with E-state index in [4.69, 9.17) is 0 Å². The highest BCUT2D eigenvalue weighted by Gasteiger charge is 2.30. The van der Waals surface area contributed by atoms with Gasteiger partial charge in [-0.05, 0) is 23.6 Å². The monoisotopic (exact) mass is 286 g/mol. The molecule has 1 atom stereocenters. The lowest BCUT2D eigenvalue weighted by atomic mass is 10.2. The molecule has 1 aliphatic heterocycles. The van der Waals surface area contributed by atoms with E-state index < -0.39 is 0 Å². The van der Waals surface area contributed by atoms with Crippen molar-refractivity contribution in [3.8, 4) is 0 Å². The molecule has 19 heavy (non-hydrogen) atoms. The predicted molar refractivity (Wildman–Crippen MR) is 77.9 cm³/mol. The van der Waals surface area contributed by atoms with E-state index in [-0.39, 0.29) is 11.2 Å². The van der Waals surface area contributed by atoms with Crippen LogP contribution in [0.2, 0.25) is 0 Å². The summed E-state index contributed by atoms with van der Waals surface area (Å²) in [6, 6.07) is 11.9. The minimum atomic E-state index is 0.140. The number of carbonyl (C=O) groups excluding carboxylic acids is 1. The largest absolute Gasteiger partial charge is 0.274 e. The Morgan fingerprint density at radius 3 is 2.95 bits per heavy atom. The number of hydrogen-bond acceptors (Lipinski definition) is 4. The van der Waals surface area contributed by atoms with Crippen LogP contribution in [0.4, 0.5) is 0 Å². The lowest BCUT2D eigenvalue weighted by molar-refractivity contribution is 0.0892. The number of rotatable bonds is 1. The lowest BCUT2D eigenvalue weighted by Gasteiger charge is -2.20. The average Bonchev–Trinajstić information content (AvgIpc) is 3.05. The van der Waals surface area contributed by atoms with Gasteiger partial charge in [-0.25, -0.2) is 4.98 Å². The molecule has 0 amide bonds. The third-order valence-corrected chi connectivity index (χ3v) is 5.57. The molecule has 0 radical (unpaired) electrons. The summed E-state index contributed by atoms with van der Waals surface area (Å²) in [5, 5.41) is 3.07. The highest BCUT2D eigenvalue weighted by Crippen LogP contribution is 2.44. The molecule has 1 aliphatic rings. The number of thioether (sulfide) groups is 1. The Kier molecular flexibility index (Phi) is 2.50. The molecule has 0 saturated carbocycles. The number of thiophene rings is 1. The van der Waals surface area contributed by atoms with Crippen LogP contribution in [0, 0.1) is 0 Å². The van der Waals surface area contributed by atoms with Crippen molar-refractivity contribution in [1.82, 2.24) is 9.55 Å². The van der Waals surface area contributed by atoms with Gasteiger partial charge in [-0.15, -0.1) is 11.3 Å². The van der Waals surface area contributed by atoms with Gasteiger partial charge in [-0.1, -0.05) is 30.0 Å².